The number of nitrogens with one attached hydrogen (secondary N) is 1. The topological polar surface area (TPSA) is 147 Å². The van der Waals surface area contributed by atoms with Crippen LogP contribution in [0.25, 0.3) is 0 Å². The van der Waals surface area contributed by atoms with Crippen LogP contribution in [0.4, 0.5) is 4.79 Å². The van der Waals surface area contributed by atoms with E-state index >= 15 is 0 Å². The third-order valence-electron chi connectivity index (χ3n) is 4.16. The Labute approximate surface area is 161 Å². The van der Waals surface area contributed by atoms with Gasteiger partial charge >= 0.3 is 18.0 Å². The van der Waals surface area contributed by atoms with Crippen molar-refractivity contribution in [1.29, 1.82) is 0 Å². The van der Waals surface area contributed by atoms with E-state index in [1.807, 2.05) is 19.2 Å². The number of carbonyl (C=O) groups is 4. The van der Waals surface area contributed by atoms with Gasteiger partial charge in [-0.05, 0) is 25.7 Å². The summed E-state index contributed by atoms with van der Waals surface area (Å²) in [7, 11) is 0. The molecular formula is C15H26BrClN2O6. The summed E-state index contributed by atoms with van der Waals surface area (Å²) in [6, 6.07) is -0.814. The highest BCUT2D eigenvalue weighted by atomic mass is 79.9. The summed E-state index contributed by atoms with van der Waals surface area (Å²) >= 11 is 3.26. The molecule has 3 amide bonds. The zero-order valence-corrected chi connectivity index (χ0v) is 16.7. The number of primary amides is 1. The van der Waals surface area contributed by atoms with E-state index in [1.165, 1.54) is 0 Å². The number of carboxylic acid groups (broad SMARTS) is 2. The highest BCUT2D eigenvalue weighted by Crippen LogP contribution is 2.30. The molecule has 0 aromatic carbocycles. The van der Waals surface area contributed by atoms with Crippen LogP contribution in [0.2, 0.25) is 0 Å². The van der Waals surface area contributed by atoms with Crippen molar-refractivity contribution in [2.75, 3.05) is 0 Å². The average Bonchev–Trinajstić information content (AvgIpc) is 2.53. The number of carboxylic acids is 2. The molecule has 1 saturated carbocycles. The summed E-state index contributed by atoms with van der Waals surface area (Å²) in [6.07, 6.45) is 3.91. The molecule has 0 aromatic heterocycles. The van der Waals surface area contributed by atoms with Crippen molar-refractivity contribution in [2.24, 2.45) is 17.6 Å². The number of aliphatic carboxylic acids is 2. The summed E-state index contributed by atoms with van der Waals surface area (Å²) in [5, 5.41) is 19.4. The fraction of sp³-hybridized carbons (Fsp3) is 0.733. The Balaban J connectivity index is 0. The fourth-order valence-electron chi connectivity index (χ4n) is 2.52. The Hall–Kier alpha value is -1.35. The van der Waals surface area contributed by atoms with Gasteiger partial charge in [-0.15, -0.1) is 12.4 Å². The van der Waals surface area contributed by atoms with Crippen LogP contribution in [0.1, 0.15) is 52.4 Å². The van der Waals surface area contributed by atoms with E-state index in [-0.39, 0.29) is 18.3 Å². The molecule has 0 spiro atoms. The SMILES string of the molecule is CCC(Br)(CC)C(=O)NC(N)=O.Cl.O=C(O)C1CCCCC1C(=O)O. The van der Waals surface area contributed by atoms with Crippen molar-refractivity contribution in [1.82, 2.24) is 5.32 Å². The van der Waals surface area contributed by atoms with E-state index in [1.54, 1.807) is 0 Å². The Bertz CT molecular complexity index is 463. The molecule has 2 unspecified atom stereocenters. The summed E-state index contributed by atoms with van der Waals surface area (Å²) in [5.41, 5.74) is 4.81. The van der Waals surface area contributed by atoms with Gasteiger partial charge < -0.3 is 15.9 Å². The highest BCUT2D eigenvalue weighted by molar-refractivity contribution is 9.10. The maximum Gasteiger partial charge on any atom is 0.318 e. The van der Waals surface area contributed by atoms with Crippen LogP contribution in [0.5, 0.6) is 0 Å². The van der Waals surface area contributed by atoms with Gasteiger partial charge in [0.15, 0.2) is 0 Å². The van der Waals surface area contributed by atoms with Crippen LogP contribution in [0, 0.1) is 11.8 Å². The van der Waals surface area contributed by atoms with Gasteiger partial charge in [-0.25, -0.2) is 4.79 Å². The van der Waals surface area contributed by atoms with E-state index in [0.29, 0.717) is 25.7 Å². The third-order valence-corrected chi connectivity index (χ3v) is 5.65. The number of nitrogens with two attached hydrogens (primary N) is 1. The number of halogens is 2. The van der Waals surface area contributed by atoms with E-state index in [0.717, 1.165) is 12.8 Å². The molecule has 2 atom stereocenters. The van der Waals surface area contributed by atoms with Crippen molar-refractivity contribution >= 4 is 52.2 Å². The van der Waals surface area contributed by atoms with Gasteiger partial charge in [0, 0.05) is 0 Å². The lowest BCUT2D eigenvalue weighted by Gasteiger charge is -2.24. The second-order valence-electron chi connectivity index (χ2n) is 5.66. The molecule has 0 heterocycles. The maximum atomic E-state index is 11.3. The number of urea groups is 1. The van der Waals surface area contributed by atoms with E-state index in [2.05, 4.69) is 15.9 Å². The average molecular weight is 446 g/mol. The van der Waals surface area contributed by atoms with Crippen LogP contribution in [-0.2, 0) is 14.4 Å². The van der Waals surface area contributed by atoms with Crippen molar-refractivity contribution in [3.05, 3.63) is 0 Å². The molecule has 5 N–H and O–H groups in total. The van der Waals surface area contributed by atoms with Gasteiger partial charge in [0.25, 0.3) is 0 Å². The van der Waals surface area contributed by atoms with Crippen molar-refractivity contribution < 1.29 is 29.4 Å². The first kappa shape index (κ1) is 25.9. The molecule has 10 heteroatoms. The number of hydrogen-bond donors (Lipinski definition) is 4. The molecule has 0 bridgehead atoms. The molecule has 0 radical (unpaired) electrons. The van der Waals surface area contributed by atoms with Crippen LogP contribution >= 0.6 is 28.3 Å². The number of hydrogen-bond acceptors (Lipinski definition) is 4. The van der Waals surface area contributed by atoms with Crippen LogP contribution in [0.15, 0.2) is 0 Å². The Morgan fingerprint density at radius 3 is 1.64 bits per heavy atom. The monoisotopic (exact) mass is 444 g/mol. The number of imide groups is 1. The van der Waals surface area contributed by atoms with Gasteiger partial charge in [0.1, 0.15) is 4.32 Å². The van der Waals surface area contributed by atoms with Gasteiger partial charge in [-0.1, -0.05) is 42.6 Å². The maximum absolute atomic E-state index is 11.3. The lowest BCUT2D eigenvalue weighted by atomic mass is 9.79. The molecule has 8 nitrogen and oxygen atoms in total. The first-order valence-corrected chi connectivity index (χ1v) is 8.63. The van der Waals surface area contributed by atoms with Crippen LogP contribution < -0.4 is 11.1 Å². The zero-order valence-electron chi connectivity index (χ0n) is 14.3. The first-order chi connectivity index (χ1) is 11.1. The van der Waals surface area contributed by atoms with Crippen LogP contribution in [0.3, 0.4) is 0 Å². The van der Waals surface area contributed by atoms with Crippen LogP contribution in [-0.4, -0.2) is 38.4 Å². The summed E-state index contributed by atoms with van der Waals surface area (Å²) in [5.74, 6) is -3.66. The number of rotatable bonds is 5. The Morgan fingerprint density at radius 1 is 1.04 bits per heavy atom. The molecule has 25 heavy (non-hydrogen) atoms. The van der Waals surface area contributed by atoms with E-state index in [4.69, 9.17) is 15.9 Å². The standard InChI is InChI=1S/C8H12O4.C7H13BrN2O2.ClH/c9-7(10)5-3-1-2-4-6(5)8(11)12;1-3-7(8,4-2)5(11)10-6(9)12;/h5-6H,1-4H2,(H,9,10)(H,11,12);3-4H2,1-2H3,(H3,9,10,11,12);1H. The fourth-order valence-corrected chi connectivity index (χ4v) is 2.62. The molecule has 0 saturated heterocycles. The largest absolute Gasteiger partial charge is 0.481 e. The van der Waals surface area contributed by atoms with E-state index in [9.17, 15) is 19.2 Å². The van der Waals surface area contributed by atoms with Crippen molar-refractivity contribution in [3.63, 3.8) is 0 Å². The highest BCUT2D eigenvalue weighted by Gasteiger charge is 2.35. The molecule has 0 aromatic rings. The second kappa shape index (κ2) is 12.1. The Morgan fingerprint density at radius 2 is 1.40 bits per heavy atom. The molecule has 1 fully saturated rings. The van der Waals surface area contributed by atoms with Gasteiger partial charge in [0.05, 0.1) is 11.8 Å². The zero-order chi connectivity index (χ0) is 18.9. The molecular weight excluding hydrogens is 420 g/mol. The quantitative estimate of drug-likeness (QED) is 0.478. The summed E-state index contributed by atoms with van der Waals surface area (Å²) in [4.78, 5) is 42.8. The minimum Gasteiger partial charge on any atom is -0.481 e. The van der Waals surface area contributed by atoms with Crippen molar-refractivity contribution in [2.45, 2.75) is 56.7 Å². The molecule has 0 aliphatic heterocycles. The minimum atomic E-state index is -0.970. The molecule has 1 aliphatic rings. The van der Waals surface area contributed by atoms with Gasteiger partial charge in [-0.3, -0.25) is 19.7 Å². The Kier molecular flexibility index (Phi) is 12.5. The third kappa shape index (κ3) is 8.53. The summed E-state index contributed by atoms with van der Waals surface area (Å²) in [6.45, 7) is 3.72. The lowest BCUT2D eigenvalue weighted by Crippen LogP contribution is -2.46. The normalized spacial score (nSPS) is 19.5. The first-order valence-electron chi connectivity index (χ1n) is 7.84. The minimum absolute atomic E-state index is 0. The number of carbonyl (C=O) groups excluding carboxylic acids is 2. The lowest BCUT2D eigenvalue weighted by molar-refractivity contribution is -0.155. The van der Waals surface area contributed by atoms with Gasteiger partial charge in [0.2, 0.25) is 5.91 Å². The summed E-state index contributed by atoms with van der Waals surface area (Å²) < 4.78 is -0.665. The molecule has 1 rings (SSSR count). The number of alkyl halides is 1. The van der Waals surface area contributed by atoms with Crippen molar-refractivity contribution in [3.8, 4) is 0 Å². The second-order valence-corrected chi connectivity index (χ2v) is 7.18. The number of amides is 3. The van der Waals surface area contributed by atoms with Gasteiger partial charge in [-0.2, -0.15) is 0 Å². The smallest absolute Gasteiger partial charge is 0.318 e. The molecule has 1 aliphatic carbocycles. The predicted molar refractivity (Wildman–Crippen MR) is 97.9 cm³/mol. The van der Waals surface area contributed by atoms with E-state index < -0.39 is 34.1 Å². The predicted octanol–water partition coefficient (Wildman–Crippen LogP) is 2.52. The molecule has 146 valence electrons.